The number of amides is 2. The maximum absolute atomic E-state index is 13.4. The van der Waals surface area contributed by atoms with Crippen molar-refractivity contribution in [3.63, 3.8) is 0 Å². The fourth-order valence-corrected chi connectivity index (χ4v) is 3.45. The molecule has 10 heteroatoms. The number of aromatic amines is 1. The first-order valence-corrected chi connectivity index (χ1v) is 10.4. The second kappa shape index (κ2) is 9.34. The van der Waals surface area contributed by atoms with Gasteiger partial charge in [0.1, 0.15) is 0 Å². The minimum Gasteiger partial charge on any atom is -0.362 e. The Morgan fingerprint density at radius 3 is 2.60 bits per heavy atom. The fourth-order valence-electron chi connectivity index (χ4n) is 3.45. The van der Waals surface area contributed by atoms with Crippen LogP contribution in [0.5, 0.6) is 0 Å². The van der Waals surface area contributed by atoms with Gasteiger partial charge in [0.25, 0.3) is 11.8 Å². The van der Waals surface area contributed by atoms with Gasteiger partial charge in [0, 0.05) is 40.6 Å². The molecule has 1 aliphatic heterocycles. The highest BCUT2D eigenvalue weighted by atomic mass is 19.4. The maximum atomic E-state index is 13.4. The summed E-state index contributed by atoms with van der Waals surface area (Å²) in [6, 6.07) is 11.4. The van der Waals surface area contributed by atoms with Crippen molar-refractivity contribution in [3.8, 4) is 0 Å². The minimum atomic E-state index is -4.65. The SMILES string of the molecule is C=N/C(C)=C\Nc1cc(C(=O)Nc2ccc3c(c2)NC(=O)/C3=C\c2ccc[nH]2)cc(C(F)(F)F)c1. The molecule has 3 aromatic rings. The molecule has 2 aromatic carbocycles. The summed E-state index contributed by atoms with van der Waals surface area (Å²) in [6.07, 6.45) is 0.170. The third-order valence-electron chi connectivity index (χ3n) is 5.20. The first-order chi connectivity index (χ1) is 16.6. The minimum absolute atomic E-state index is 0.0632. The molecule has 4 rings (SSSR count). The number of halogens is 3. The molecule has 7 nitrogen and oxygen atoms in total. The lowest BCUT2D eigenvalue weighted by Gasteiger charge is -2.13. The Hall–Kier alpha value is -4.60. The van der Waals surface area contributed by atoms with E-state index in [1.54, 1.807) is 43.5 Å². The van der Waals surface area contributed by atoms with Crippen LogP contribution < -0.4 is 16.0 Å². The number of hydrogen-bond acceptors (Lipinski definition) is 4. The van der Waals surface area contributed by atoms with Crippen LogP contribution in [-0.2, 0) is 11.0 Å². The summed E-state index contributed by atoms with van der Waals surface area (Å²) >= 11 is 0. The molecule has 0 atom stereocenters. The van der Waals surface area contributed by atoms with Crippen molar-refractivity contribution < 1.29 is 22.8 Å². The van der Waals surface area contributed by atoms with Gasteiger partial charge in [0.2, 0.25) is 0 Å². The summed E-state index contributed by atoms with van der Waals surface area (Å²) in [7, 11) is 0. The Labute approximate surface area is 198 Å². The molecular formula is C25H20F3N5O2. The molecule has 1 aliphatic rings. The number of alkyl halides is 3. The van der Waals surface area contributed by atoms with Crippen LogP contribution in [0.3, 0.4) is 0 Å². The summed E-state index contributed by atoms with van der Waals surface area (Å²) in [5.41, 5.74) is 1.98. The second-order valence-electron chi connectivity index (χ2n) is 7.74. The summed E-state index contributed by atoms with van der Waals surface area (Å²) in [4.78, 5) is 31.9. The van der Waals surface area contributed by atoms with Gasteiger partial charge >= 0.3 is 6.18 Å². The van der Waals surface area contributed by atoms with Crippen molar-refractivity contribution in [1.82, 2.24) is 4.98 Å². The molecule has 178 valence electrons. The Bertz CT molecular complexity index is 1370. The highest BCUT2D eigenvalue weighted by molar-refractivity contribution is 6.35. The number of carbonyl (C=O) groups is 2. The van der Waals surface area contributed by atoms with Gasteiger partial charge in [-0.1, -0.05) is 6.07 Å². The van der Waals surface area contributed by atoms with Gasteiger partial charge in [0.05, 0.1) is 22.5 Å². The van der Waals surface area contributed by atoms with Crippen LogP contribution in [0, 0.1) is 0 Å². The molecule has 0 bridgehead atoms. The van der Waals surface area contributed by atoms with E-state index in [1.165, 1.54) is 12.3 Å². The maximum Gasteiger partial charge on any atom is 0.416 e. The molecule has 0 aliphatic carbocycles. The Morgan fingerprint density at radius 1 is 1.11 bits per heavy atom. The van der Waals surface area contributed by atoms with Gasteiger partial charge < -0.3 is 20.9 Å². The van der Waals surface area contributed by atoms with Crippen LogP contribution in [-0.4, -0.2) is 23.5 Å². The van der Waals surface area contributed by atoms with Crippen LogP contribution in [0.1, 0.15) is 34.1 Å². The van der Waals surface area contributed by atoms with Crippen molar-refractivity contribution >= 4 is 47.2 Å². The standard InChI is InChI=1S/C25H20F3N5O2/c1-14(29-2)13-31-19-9-15(8-16(10-19)25(26,27)28)23(34)32-18-5-6-20-21(11-17-4-3-7-30-17)24(35)33-22(20)12-18/h3-13,30-31H,2H2,1H3,(H,32,34)(H,33,35)/b14-13-,21-11-. The van der Waals surface area contributed by atoms with E-state index in [1.807, 2.05) is 6.07 Å². The molecule has 1 aromatic heterocycles. The summed E-state index contributed by atoms with van der Waals surface area (Å²) < 4.78 is 40.2. The summed E-state index contributed by atoms with van der Waals surface area (Å²) in [6.45, 7) is 4.96. The number of fused-ring (bicyclic) bond motifs is 1. The fraction of sp³-hybridized carbons (Fsp3) is 0.0800. The van der Waals surface area contributed by atoms with Gasteiger partial charge in [0.15, 0.2) is 0 Å². The first-order valence-electron chi connectivity index (χ1n) is 10.4. The number of H-pyrrole nitrogens is 1. The number of hydrogen-bond donors (Lipinski definition) is 4. The predicted molar refractivity (Wildman–Crippen MR) is 130 cm³/mol. The number of benzene rings is 2. The zero-order chi connectivity index (χ0) is 25.2. The molecule has 0 saturated heterocycles. The highest BCUT2D eigenvalue weighted by Crippen LogP contribution is 2.36. The van der Waals surface area contributed by atoms with Crippen molar-refractivity contribution in [1.29, 1.82) is 0 Å². The monoisotopic (exact) mass is 479 g/mol. The average molecular weight is 479 g/mol. The quantitative estimate of drug-likeness (QED) is 0.268. The molecular weight excluding hydrogens is 459 g/mol. The second-order valence-corrected chi connectivity index (χ2v) is 7.74. The summed E-state index contributed by atoms with van der Waals surface area (Å²) in [5.74, 6) is -1.04. The molecule has 0 unspecified atom stereocenters. The zero-order valence-corrected chi connectivity index (χ0v) is 18.5. The molecule has 0 radical (unpaired) electrons. The molecule has 35 heavy (non-hydrogen) atoms. The number of nitrogens with one attached hydrogen (secondary N) is 4. The Morgan fingerprint density at radius 2 is 1.91 bits per heavy atom. The molecule has 2 amide bonds. The van der Waals surface area contributed by atoms with Crippen LogP contribution >= 0.6 is 0 Å². The Kier molecular flexibility index (Phi) is 6.28. The Balaban J connectivity index is 1.60. The van der Waals surface area contributed by atoms with Crippen LogP contribution in [0.25, 0.3) is 11.6 Å². The van der Waals surface area contributed by atoms with Gasteiger partial charge in [-0.15, -0.1) is 0 Å². The van der Waals surface area contributed by atoms with E-state index in [0.717, 1.165) is 17.8 Å². The number of aromatic nitrogens is 1. The van der Waals surface area contributed by atoms with Crippen molar-refractivity contribution in [3.05, 3.63) is 89.0 Å². The van der Waals surface area contributed by atoms with Crippen LogP contribution in [0.15, 0.2) is 71.6 Å². The molecule has 2 heterocycles. The van der Waals surface area contributed by atoms with E-state index < -0.39 is 17.6 Å². The summed E-state index contributed by atoms with van der Waals surface area (Å²) in [5, 5.41) is 8.02. The predicted octanol–water partition coefficient (Wildman–Crippen LogP) is 5.75. The average Bonchev–Trinajstić information content (AvgIpc) is 3.44. The molecule has 4 N–H and O–H groups in total. The van der Waals surface area contributed by atoms with Gasteiger partial charge in [-0.3, -0.25) is 14.6 Å². The van der Waals surface area contributed by atoms with E-state index in [0.29, 0.717) is 28.2 Å². The zero-order valence-electron chi connectivity index (χ0n) is 18.5. The van der Waals surface area contributed by atoms with Gasteiger partial charge in [-0.25, -0.2) is 0 Å². The topological polar surface area (TPSA) is 98.4 Å². The van der Waals surface area contributed by atoms with Crippen LogP contribution in [0.4, 0.5) is 30.2 Å². The lowest BCUT2D eigenvalue weighted by molar-refractivity contribution is -0.137. The third-order valence-corrected chi connectivity index (χ3v) is 5.20. The number of anilines is 3. The lowest BCUT2D eigenvalue weighted by Crippen LogP contribution is -2.15. The molecule has 0 saturated carbocycles. The van der Waals surface area contributed by atoms with Crippen molar-refractivity contribution in [2.45, 2.75) is 13.1 Å². The largest absolute Gasteiger partial charge is 0.416 e. The van der Waals surface area contributed by atoms with Crippen molar-refractivity contribution in [2.24, 2.45) is 4.99 Å². The van der Waals surface area contributed by atoms with Gasteiger partial charge in [-0.2, -0.15) is 13.2 Å². The van der Waals surface area contributed by atoms with Crippen molar-refractivity contribution in [2.75, 3.05) is 16.0 Å². The smallest absolute Gasteiger partial charge is 0.362 e. The normalized spacial score (nSPS) is 14.5. The molecule has 0 spiro atoms. The lowest BCUT2D eigenvalue weighted by atomic mass is 10.0. The van der Waals surface area contributed by atoms with Crippen LogP contribution in [0.2, 0.25) is 0 Å². The number of rotatable bonds is 6. The molecule has 0 fully saturated rings. The number of carbonyl (C=O) groups excluding carboxylic acids is 2. The van der Waals surface area contributed by atoms with E-state index in [-0.39, 0.29) is 17.2 Å². The van der Waals surface area contributed by atoms with E-state index >= 15 is 0 Å². The van der Waals surface area contributed by atoms with Gasteiger partial charge in [-0.05, 0) is 62.2 Å². The highest BCUT2D eigenvalue weighted by Gasteiger charge is 2.32. The first kappa shape index (κ1) is 23.6. The van der Waals surface area contributed by atoms with E-state index in [2.05, 4.69) is 32.6 Å². The number of allylic oxidation sites excluding steroid dienone is 1. The number of aliphatic imine (C=N–C) groups is 1. The number of nitrogens with zero attached hydrogens (tertiary/aromatic N) is 1. The van der Waals surface area contributed by atoms with E-state index in [9.17, 15) is 22.8 Å². The van der Waals surface area contributed by atoms with E-state index in [4.69, 9.17) is 0 Å². The third kappa shape index (κ3) is 5.32.